The van der Waals surface area contributed by atoms with Crippen LogP contribution in [0.2, 0.25) is 0 Å². The van der Waals surface area contributed by atoms with E-state index in [-0.39, 0.29) is 43.2 Å². The first-order valence-electron chi connectivity index (χ1n) is 17.8. The zero-order valence-corrected chi connectivity index (χ0v) is 31.2. The van der Waals surface area contributed by atoms with Crippen molar-refractivity contribution in [3.8, 4) is 0 Å². The maximum absolute atomic E-state index is 14.3. The normalized spacial score (nSPS) is 29.3. The number of benzene rings is 1. The van der Waals surface area contributed by atoms with E-state index in [0.29, 0.717) is 38.5 Å². The van der Waals surface area contributed by atoms with Crippen LogP contribution >= 0.6 is 21.6 Å². The van der Waals surface area contributed by atoms with Crippen molar-refractivity contribution in [1.82, 2.24) is 0 Å². The van der Waals surface area contributed by atoms with Crippen molar-refractivity contribution in [2.24, 2.45) is 34.6 Å². The number of ketones is 1. The molecule has 6 atom stereocenters. The van der Waals surface area contributed by atoms with Crippen LogP contribution in [0.1, 0.15) is 89.4 Å². The summed E-state index contributed by atoms with van der Waals surface area (Å²) < 4.78 is 0. The fourth-order valence-corrected chi connectivity index (χ4v) is 11.2. The smallest absolute Gasteiger partial charge is 0.163 e. The summed E-state index contributed by atoms with van der Waals surface area (Å²) in [6, 6.07) is 7.56. The van der Waals surface area contributed by atoms with E-state index in [2.05, 4.69) is 26.5 Å². The lowest BCUT2D eigenvalue weighted by Gasteiger charge is -2.58. The SMILES string of the molecule is C=C(C=CC=C(CO)C1CC2CSSCCC(C(=O)Cc3cccc(C(N)N)c3)=C3CCC(C)(O)C2(C3CCCO)C1O)CCC=C(C)C. The Labute approximate surface area is 301 Å². The Balaban J connectivity index is 1.77. The highest BCUT2D eigenvalue weighted by atomic mass is 33.1. The van der Waals surface area contributed by atoms with E-state index < -0.39 is 23.3 Å². The molecule has 3 aliphatic rings. The second kappa shape index (κ2) is 18.0. The third-order valence-electron chi connectivity index (χ3n) is 11.1. The topological polar surface area (TPSA) is 150 Å². The van der Waals surface area contributed by atoms with Crippen LogP contribution in [0.3, 0.4) is 0 Å². The van der Waals surface area contributed by atoms with E-state index in [0.717, 1.165) is 57.8 Å². The van der Waals surface area contributed by atoms with Gasteiger partial charge in [-0.05, 0) is 106 Å². The predicted octanol–water partition coefficient (Wildman–Crippen LogP) is 6.49. The molecular formula is C40H58N2O5S2. The lowest BCUT2D eigenvalue weighted by Crippen LogP contribution is -2.62. The van der Waals surface area contributed by atoms with Gasteiger partial charge in [0.1, 0.15) is 0 Å². The van der Waals surface area contributed by atoms with Crippen LogP contribution in [0.4, 0.5) is 0 Å². The molecule has 0 amide bonds. The molecule has 6 unspecified atom stereocenters. The molecule has 49 heavy (non-hydrogen) atoms. The number of allylic oxidation sites excluding steroid dienone is 8. The van der Waals surface area contributed by atoms with Gasteiger partial charge >= 0.3 is 0 Å². The molecule has 1 aliphatic heterocycles. The molecule has 1 heterocycles. The standard InChI is InChI=1S/C40H58N2O5S2/c1-26(2)9-5-10-27(3)11-6-14-30(24-44)34-23-31-25-49-48-20-17-33(36(45)22-28-12-7-13-29(21-28)38(41)42)32-16-18-39(4,47)40(31,37(34)46)35(32)15-8-19-43/h6-7,9,11-14,21,31,34-35,37-38,43-44,46-47H,3,5,8,10,15-20,22-25,41-42H2,1-2,4H3. The van der Waals surface area contributed by atoms with Crippen molar-refractivity contribution in [1.29, 1.82) is 0 Å². The fraction of sp³-hybridized carbons (Fsp3) is 0.575. The van der Waals surface area contributed by atoms with Gasteiger partial charge in [0, 0.05) is 35.9 Å². The number of Topliss-reactive ketones (excluding diaryl/α,β-unsaturated/α-hetero) is 1. The highest BCUT2D eigenvalue weighted by Crippen LogP contribution is 2.66. The maximum atomic E-state index is 14.3. The lowest BCUT2D eigenvalue weighted by atomic mass is 9.49. The molecule has 2 bridgehead atoms. The first-order valence-corrected chi connectivity index (χ1v) is 20.3. The van der Waals surface area contributed by atoms with Gasteiger partial charge in [-0.1, -0.05) is 93.5 Å². The van der Waals surface area contributed by atoms with E-state index >= 15 is 0 Å². The molecule has 2 fully saturated rings. The van der Waals surface area contributed by atoms with Gasteiger partial charge in [0.15, 0.2) is 5.78 Å². The van der Waals surface area contributed by atoms with Crippen molar-refractivity contribution < 1.29 is 25.2 Å². The van der Waals surface area contributed by atoms with E-state index in [4.69, 9.17) is 11.5 Å². The Kier molecular flexibility index (Phi) is 14.6. The number of carbonyl (C=O) groups excluding carboxylic acids is 1. The lowest BCUT2D eigenvalue weighted by molar-refractivity contribution is -0.184. The minimum atomic E-state index is -1.23. The molecule has 0 radical (unpaired) electrons. The Hall–Kier alpha value is -1.95. The molecule has 9 heteroatoms. The molecule has 1 aromatic carbocycles. The van der Waals surface area contributed by atoms with E-state index in [1.807, 2.05) is 49.4 Å². The van der Waals surface area contributed by atoms with Gasteiger partial charge in [-0.15, -0.1) is 0 Å². The Morgan fingerprint density at radius 2 is 1.96 bits per heavy atom. The van der Waals surface area contributed by atoms with Gasteiger partial charge in [-0.2, -0.15) is 0 Å². The number of hydrogen-bond acceptors (Lipinski definition) is 9. The van der Waals surface area contributed by atoms with E-state index in [9.17, 15) is 25.2 Å². The molecule has 1 aromatic rings. The predicted molar refractivity (Wildman–Crippen MR) is 205 cm³/mol. The molecule has 4 rings (SSSR count). The quantitative estimate of drug-likeness (QED) is 0.0551. The number of aliphatic hydroxyl groups is 4. The average molecular weight is 711 g/mol. The highest BCUT2D eigenvalue weighted by molar-refractivity contribution is 8.76. The van der Waals surface area contributed by atoms with Crippen LogP contribution in [-0.4, -0.2) is 62.6 Å². The monoisotopic (exact) mass is 710 g/mol. The first-order chi connectivity index (χ1) is 23.4. The number of rotatable bonds is 14. The summed E-state index contributed by atoms with van der Waals surface area (Å²) in [4.78, 5) is 14.3. The molecule has 8 N–H and O–H groups in total. The summed E-state index contributed by atoms with van der Waals surface area (Å²) >= 11 is 0. The summed E-state index contributed by atoms with van der Waals surface area (Å²) in [6.07, 6.45) is 11.6. The van der Waals surface area contributed by atoms with Gasteiger partial charge in [-0.3, -0.25) is 4.79 Å². The van der Waals surface area contributed by atoms with Crippen LogP contribution in [0.15, 0.2) is 83.0 Å². The van der Waals surface area contributed by atoms with Crippen LogP contribution in [-0.2, 0) is 11.2 Å². The fourth-order valence-electron chi connectivity index (χ4n) is 8.76. The molecule has 2 aliphatic carbocycles. The molecule has 270 valence electrons. The van der Waals surface area contributed by atoms with Gasteiger partial charge < -0.3 is 31.9 Å². The molecule has 1 spiro atoms. The molecule has 7 nitrogen and oxygen atoms in total. The largest absolute Gasteiger partial charge is 0.396 e. The summed E-state index contributed by atoms with van der Waals surface area (Å²) in [5.74, 6) is 0.819. The minimum absolute atomic E-state index is 0.0176. The van der Waals surface area contributed by atoms with Gasteiger partial charge in [0.25, 0.3) is 0 Å². The highest BCUT2D eigenvalue weighted by Gasteiger charge is 2.68. The third kappa shape index (κ3) is 9.11. The summed E-state index contributed by atoms with van der Waals surface area (Å²) in [7, 11) is 3.48. The Bertz CT molecular complexity index is 1440. The molecule has 0 saturated heterocycles. The van der Waals surface area contributed by atoms with Gasteiger partial charge in [-0.25, -0.2) is 0 Å². The minimum Gasteiger partial charge on any atom is -0.396 e. The van der Waals surface area contributed by atoms with Crippen LogP contribution in [0, 0.1) is 23.2 Å². The number of aliphatic hydroxyl groups excluding tert-OH is 3. The van der Waals surface area contributed by atoms with Crippen LogP contribution < -0.4 is 11.5 Å². The number of hydrogen-bond donors (Lipinski definition) is 6. The van der Waals surface area contributed by atoms with Crippen molar-refractivity contribution in [2.45, 2.75) is 96.4 Å². The van der Waals surface area contributed by atoms with Crippen molar-refractivity contribution >= 4 is 27.4 Å². The van der Waals surface area contributed by atoms with Crippen LogP contribution in [0.5, 0.6) is 0 Å². The van der Waals surface area contributed by atoms with Gasteiger partial charge in [0.05, 0.1) is 24.5 Å². The third-order valence-corrected chi connectivity index (χ3v) is 13.6. The summed E-state index contributed by atoms with van der Waals surface area (Å²) in [6.45, 7) is 9.98. The Morgan fingerprint density at radius 3 is 2.65 bits per heavy atom. The number of nitrogens with two attached hydrogens (primary N) is 2. The zero-order chi connectivity index (χ0) is 35.8. The van der Waals surface area contributed by atoms with Crippen LogP contribution in [0.25, 0.3) is 0 Å². The van der Waals surface area contributed by atoms with Gasteiger partial charge in [0.2, 0.25) is 0 Å². The summed E-state index contributed by atoms with van der Waals surface area (Å²) in [5.41, 5.74) is 16.1. The van der Waals surface area contributed by atoms with Crippen molar-refractivity contribution in [3.05, 3.63) is 94.1 Å². The second-order valence-corrected chi connectivity index (χ2v) is 17.2. The molecule has 2 saturated carbocycles. The van der Waals surface area contributed by atoms with E-state index in [1.165, 1.54) is 5.57 Å². The van der Waals surface area contributed by atoms with Crippen molar-refractivity contribution in [2.75, 3.05) is 24.7 Å². The second-order valence-electron chi connectivity index (χ2n) is 14.6. The maximum Gasteiger partial charge on any atom is 0.163 e. The van der Waals surface area contributed by atoms with E-state index in [1.54, 1.807) is 21.6 Å². The molecule has 0 aromatic heterocycles. The zero-order valence-electron chi connectivity index (χ0n) is 29.6. The summed E-state index contributed by atoms with van der Waals surface area (Å²) in [5, 5.41) is 45.8. The number of carbonyl (C=O) groups is 1. The average Bonchev–Trinajstić information content (AvgIpc) is 3.34. The first kappa shape index (κ1) is 39.8. The Morgan fingerprint density at radius 1 is 1.18 bits per heavy atom. The van der Waals surface area contributed by atoms with Crippen molar-refractivity contribution in [3.63, 3.8) is 0 Å². The number of fused-ring (bicyclic) bond motifs is 1. The molecular weight excluding hydrogens is 653 g/mol.